The van der Waals surface area contributed by atoms with E-state index >= 15 is 0 Å². The monoisotopic (exact) mass is 254 g/mol. The maximum absolute atomic E-state index is 5.38. The van der Waals surface area contributed by atoms with Gasteiger partial charge in [0.2, 0.25) is 0 Å². The van der Waals surface area contributed by atoms with E-state index in [1.54, 1.807) is 34.1 Å². The lowest BCUT2D eigenvalue weighted by Gasteiger charge is -1.99. The van der Waals surface area contributed by atoms with E-state index in [9.17, 15) is 0 Å². The van der Waals surface area contributed by atoms with Crippen LogP contribution in [0.25, 0.3) is 0 Å². The number of hydrogen-bond acceptors (Lipinski definition) is 4. The largest absolute Gasteiger partial charge is 0.468 e. The molecule has 0 unspecified atom stereocenters. The van der Waals surface area contributed by atoms with Crippen molar-refractivity contribution >= 4 is 21.6 Å². The predicted octanol–water partition coefficient (Wildman–Crippen LogP) is 4.80. The summed E-state index contributed by atoms with van der Waals surface area (Å²) in [5, 5.41) is 0. The van der Waals surface area contributed by atoms with Gasteiger partial charge in [0.15, 0.2) is 0 Å². The first kappa shape index (κ1) is 11.7. The Bertz CT molecular complexity index is 403. The van der Waals surface area contributed by atoms with Crippen LogP contribution >= 0.6 is 21.6 Å². The van der Waals surface area contributed by atoms with E-state index in [1.165, 1.54) is 9.79 Å². The number of furan rings is 2. The summed E-state index contributed by atoms with van der Waals surface area (Å²) in [5.74, 6) is 2.11. The first-order valence-corrected chi connectivity index (χ1v) is 7.47. The van der Waals surface area contributed by atoms with Crippen molar-refractivity contribution in [2.24, 2.45) is 0 Å². The van der Waals surface area contributed by atoms with Crippen LogP contribution in [-0.4, -0.2) is 0 Å². The molecule has 0 saturated carbocycles. The van der Waals surface area contributed by atoms with E-state index in [0.717, 1.165) is 24.4 Å². The average Bonchev–Trinajstić information content (AvgIpc) is 2.94. The molecule has 0 atom stereocenters. The van der Waals surface area contributed by atoms with Gasteiger partial charge >= 0.3 is 0 Å². The standard InChI is InChI=1S/C12H14O2S2/c1-3-9-11(5-7-13-9)15-16-12-6-8-14-10(12)4-2/h5-8H,3-4H2,1-2H3. The van der Waals surface area contributed by atoms with E-state index in [-0.39, 0.29) is 0 Å². The van der Waals surface area contributed by atoms with Crippen LogP contribution in [0.5, 0.6) is 0 Å². The van der Waals surface area contributed by atoms with Crippen molar-refractivity contribution in [1.29, 1.82) is 0 Å². The van der Waals surface area contributed by atoms with Crippen LogP contribution in [0.4, 0.5) is 0 Å². The Morgan fingerprint density at radius 3 is 1.69 bits per heavy atom. The molecule has 0 aliphatic rings. The van der Waals surface area contributed by atoms with Gasteiger partial charge in [-0.3, -0.25) is 0 Å². The van der Waals surface area contributed by atoms with Crippen LogP contribution in [0.2, 0.25) is 0 Å². The molecule has 0 spiro atoms. The molecular formula is C12H14O2S2. The fraction of sp³-hybridized carbons (Fsp3) is 0.333. The van der Waals surface area contributed by atoms with Gasteiger partial charge in [-0.15, -0.1) is 0 Å². The second-order valence-electron chi connectivity index (χ2n) is 3.29. The fourth-order valence-corrected chi connectivity index (χ4v) is 3.81. The van der Waals surface area contributed by atoms with Crippen molar-refractivity contribution in [3.63, 3.8) is 0 Å². The maximum atomic E-state index is 5.38. The summed E-state index contributed by atoms with van der Waals surface area (Å²) >= 11 is 0. The summed E-state index contributed by atoms with van der Waals surface area (Å²) in [7, 11) is 3.46. The molecule has 0 saturated heterocycles. The van der Waals surface area contributed by atoms with Crippen LogP contribution in [0.3, 0.4) is 0 Å². The topological polar surface area (TPSA) is 26.3 Å². The molecule has 2 aromatic heterocycles. The highest BCUT2D eigenvalue weighted by molar-refractivity contribution is 8.76. The lowest BCUT2D eigenvalue weighted by Crippen LogP contribution is -1.77. The van der Waals surface area contributed by atoms with Crippen LogP contribution in [0.1, 0.15) is 25.4 Å². The number of rotatable bonds is 5. The Balaban J connectivity index is 2.02. The molecule has 0 fully saturated rings. The van der Waals surface area contributed by atoms with Gasteiger partial charge in [-0.25, -0.2) is 0 Å². The SMILES string of the molecule is CCc1occc1SSc1ccoc1CC. The molecule has 0 aromatic carbocycles. The highest BCUT2D eigenvalue weighted by Crippen LogP contribution is 2.41. The second-order valence-corrected chi connectivity index (χ2v) is 5.50. The lowest BCUT2D eigenvalue weighted by molar-refractivity contribution is 0.507. The minimum Gasteiger partial charge on any atom is -0.468 e. The van der Waals surface area contributed by atoms with Crippen molar-refractivity contribution in [3.05, 3.63) is 36.2 Å². The smallest absolute Gasteiger partial charge is 0.117 e. The van der Waals surface area contributed by atoms with Gasteiger partial charge in [-0.1, -0.05) is 13.8 Å². The minimum atomic E-state index is 0.932. The fourth-order valence-electron chi connectivity index (χ4n) is 1.41. The average molecular weight is 254 g/mol. The minimum absolute atomic E-state index is 0.932. The zero-order chi connectivity index (χ0) is 11.4. The summed E-state index contributed by atoms with van der Waals surface area (Å²) in [6.45, 7) is 4.20. The van der Waals surface area contributed by atoms with Crippen molar-refractivity contribution in [2.75, 3.05) is 0 Å². The number of aryl methyl sites for hydroxylation is 2. The summed E-state index contributed by atoms with van der Waals surface area (Å²) in [6, 6.07) is 4.03. The predicted molar refractivity (Wildman–Crippen MR) is 67.9 cm³/mol. The summed E-state index contributed by atoms with van der Waals surface area (Å²) in [4.78, 5) is 2.41. The Hall–Kier alpha value is -0.740. The molecule has 0 radical (unpaired) electrons. The Morgan fingerprint density at radius 2 is 1.31 bits per heavy atom. The van der Waals surface area contributed by atoms with E-state index in [1.807, 2.05) is 12.1 Å². The molecule has 0 bridgehead atoms. The zero-order valence-electron chi connectivity index (χ0n) is 9.36. The second kappa shape index (κ2) is 5.55. The third-order valence-electron chi connectivity index (χ3n) is 2.27. The molecule has 0 aliphatic carbocycles. The van der Waals surface area contributed by atoms with Crippen molar-refractivity contribution < 1.29 is 8.83 Å². The molecule has 2 aromatic rings. The zero-order valence-corrected chi connectivity index (χ0v) is 11.0. The van der Waals surface area contributed by atoms with Crippen LogP contribution in [0, 0.1) is 0 Å². The Morgan fingerprint density at radius 1 is 0.875 bits per heavy atom. The van der Waals surface area contributed by atoms with Gasteiger partial charge in [-0.2, -0.15) is 0 Å². The first-order valence-electron chi connectivity index (χ1n) is 5.32. The molecule has 16 heavy (non-hydrogen) atoms. The molecule has 0 aliphatic heterocycles. The highest BCUT2D eigenvalue weighted by Gasteiger charge is 2.09. The van der Waals surface area contributed by atoms with E-state index in [0.29, 0.717) is 0 Å². The van der Waals surface area contributed by atoms with Crippen LogP contribution in [-0.2, 0) is 12.8 Å². The Kier molecular flexibility index (Phi) is 4.07. The lowest BCUT2D eigenvalue weighted by atomic mass is 10.4. The highest BCUT2D eigenvalue weighted by atomic mass is 33.1. The molecular weight excluding hydrogens is 240 g/mol. The third-order valence-corrected chi connectivity index (χ3v) is 4.77. The van der Waals surface area contributed by atoms with E-state index < -0.39 is 0 Å². The molecule has 2 heterocycles. The summed E-state index contributed by atoms with van der Waals surface area (Å²) < 4.78 is 10.8. The summed E-state index contributed by atoms with van der Waals surface area (Å²) in [6.07, 6.45) is 5.36. The van der Waals surface area contributed by atoms with Gasteiger partial charge in [0.05, 0.1) is 22.3 Å². The van der Waals surface area contributed by atoms with Gasteiger partial charge in [0.25, 0.3) is 0 Å². The first-order chi connectivity index (χ1) is 7.85. The van der Waals surface area contributed by atoms with Crippen LogP contribution < -0.4 is 0 Å². The van der Waals surface area contributed by atoms with Crippen molar-refractivity contribution in [1.82, 2.24) is 0 Å². The quantitative estimate of drug-likeness (QED) is 0.716. The molecule has 0 amide bonds. The number of hydrogen-bond donors (Lipinski definition) is 0. The third kappa shape index (κ3) is 2.50. The van der Waals surface area contributed by atoms with Crippen LogP contribution in [0.15, 0.2) is 43.3 Å². The van der Waals surface area contributed by atoms with Gasteiger partial charge < -0.3 is 8.83 Å². The molecule has 2 rings (SSSR count). The molecule has 86 valence electrons. The van der Waals surface area contributed by atoms with Gasteiger partial charge in [0.1, 0.15) is 11.5 Å². The van der Waals surface area contributed by atoms with E-state index in [2.05, 4.69) is 13.8 Å². The molecule has 2 nitrogen and oxygen atoms in total. The van der Waals surface area contributed by atoms with Gasteiger partial charge in [0, 0.05) is 12.8 Å². The normalized spacial score (nSPS) is 10.9. The van der Waals surface area contributed by atoms with Crippen molar-refractivity contribution in [3.8, 4) is 0 Å². The van der Waals surface area contributed by atoms with E-state index in [4.69, 9.17) is 8.83 Å². The summed E-state index contributed by atoms with van der Waals surface area (Å²) in [5.41, 5.74) is 0. The molecule has 0 N–H and O–H groups in total. The molecule has 4 heteroatoms. The Labute approximate surface area is 103 Å². The van der Waals surface area contributed by atoms with Gasteiger partial charge in [-0.05, 0) is 33.7 Å². The maximum Gasteiger partial charge on any atom is 0.117 e. The van der Waals surface area contributed by atoms with Crippen molar-refractivity contribution in [2.45, 2.75) is 36.5 Å².